The van der Waals surface area contributed by atoms with Crippen LogP contribution in [0.25, 0.3) is 0 Å². The van der Waals surface area contributed by atoms with Crippen molar-refractivity contribution < 1.29 is 94.5 Å². The molecule has 0 saturated carbocycles. The summed E-state index contributed by atoms with van der Waals surface area (Å²) in [5.41, 5.74) is -5.95. The molecule has 19 nitrogen and oxygen atoms in total. The number of carboxylic acids is 8. The normalized spacial score (nSPS) is 10.4. The van der Waals surface area contributed by atoms with Crippen LogP contribution in [0.4, 0.5) is 0 Å². The molecule has 1 unspecified atom stereocenters. The van der Waals surface area contributed by atoms with Gasteiger partial charge in [-0.1, -0.05) is 0 Å². The number of rotatable bonds is 13. The zero-order valence-corrected chi connectivity index (χ0v) is 25.7. The average molecular weight is 631 g/mol. The summed E-state index contributed by atoms with van der Waals surface area (Å²) in [5, 5.41) is 105. The monoisotopic (exact) mass is 630 g/mol. The van der Waals surface area contributed by atoms with Gasteiger partial charge in [0.05, 0.1) is 24.0 Å². The first-order valence-electron chi connectivity index (χ1n) is 8.35. The van der Waals surface area contributed by atoms with Crippen LogP contribution in [-0.4, -0.2) is 194 Å². The topological polar surface area (TPSA) is 382 Å². The molecule has 0 aliphatic heterocycles. The minimum atomic E-state index is -2.97. The quantitative estimate of drug-likeness (QED) is 0.159. The fraction of sp³-hybridized carbons (Fsp3) is 0.500. The van der Waals surface area contributed by atoms with Crippen molar-refractivity contribution in [2.75, 3.05) is 0 Å². The fourth-order valence-electron chi connectivity index (χ4n) is 1.61. The van der Waals surface area contributed by atoms with E-state index in [4.69, 9.17) is 15.3 Å². The molecule has 0 aliphatic rings. The largest absolute Gasteiger partial charge is 2.00 e. The van der Waals surface area contributed by atoms with Crippen molar-refractivity contribution in [3.8, 4) is 0 Å². The molecule has 0 saturated heterocycles. The van der Waals surface area contributed by atoms with Crippen LogP contribution in [0.15, 0.2) is 0 Å². The van der Waals surface area contributed by atoms with E-state index in [0.29, 0.717) is 0 Å². The summed E-state index contributed by atoms with van der Waals surface area (Å²) in [6.07, 6.45) is -8.32. The van der Waals surface area contributed by atoms with Crippen molar-refractivity contribution in [1.82, 2.24) is 0 Å². The summed E-state index contributed by atoms with van der Waals surface area (Å²) in [7, 11) is 0. The molecule has 200 valence electrons. The average Bonchev–Trinajstić information content (AvgIpc) is 2.58. The van der Waals surface area contributed by atoms with Gasteiger partial charge in [-0.15, -0.1) is 0 Å². The molecule has 0 aromatic heterocycles. The van der Waals surface area contributed by atoms with E-state index in [1.165, 1.54) is 0 Å². The van der Waals surface area contributed by atoms with Gasteiger partial charge in [0.2, 0.25) is 0 Å². The Kier molecular flexibility index (Phi) is 32.1. The van der Waals surface area contributed by atoms with Gasteiger partial charge in [-0.3, -0.25) is 0 Å². The molecule has 0 aromatic rings. The van der Waals surface area contributed by atoms with E-state index in [2.05, 4.69) is 0 Å². The van der Waals surface area contributed by atoms with E-state index in [0.717, 1.165) is 0 Å². The molecule has 1 atom stereocenters. The number of aliphatic hydroxyl groups excluding tert-OH is 1. The smallest absolute Gasteiger partial charge is 0.550 e. The summed E-state index contributed by atoms with van der Waals surface area (Å²) in [6.45, 7) is 0. The Labute approximate surface area is 301 Å². The Morgan fingerprint density at radius 1 is 0.500 bits per heavy atom. The van der Waals surface area contributed by atoms with Crippen LogP contribution < -0.4 is 40.9 Å². The molecule has 3 N–H and O–H groups in total. The van der Waals surface area contributed by atoms with Crippen LogP contribution >= 0.6 is 0 Å². The van der Waals surface area contributed by atoms with Crippen LogP contribution in [0.1, 0.15) is 32.1 Å². The van der Waals surface area contributed by atoms with E-state index in [1.807, 2.05) is 0 Å². The van der Waals surface area contributed by atoms with Gasteiger partial charge in [-0.2, -0.15) is 0 Å². The van der Waals surface area contributed by atoms with Crippen LogP contribution in [0.3, 0.4) is 0 Å². The fourth-order valence-corrected chi connectivity index (χ4v) is 1.61. The summed E-state index contributed by atoms with van der Waals surface area (Å²) >= 11 is 0. The van der Waals surface area contributed by atoms with Gasteiger partial charge >= 0.3 is 113 Å². The maximum atomic E-state index is 10.1. The Morgan fingerprint density at radius 3 is 0.789 bits per heavy atom. The van der Waals surface area contributed by atoms with Crippen LogP contribution in [-0.2, 0) is 38.4 Å². The van der Waals surface area contributed by atoms with E-state index in [-0.39, 0.29) is 113 Å². The second-order valence-corrected chi connectivity index (χ2v) is 6.24. The number of hydrogen-bond acceptors (Lipinski definition) is 19. The van der Waals surface area contributed by atoms with Crippen molar-refractivity contribution in [2.45, 2.75) is 49.4 Å². The van der Waals surface area contributed by atoms with Crippen LogP contribution in [0.5, 0.6) is 0 Å². The van der Waals surface area contributed by atoms with Crippen LogP contribution in [0, 0.1) is 0 Å². The molecule has 0 aromatic carbocycles. The van der Waals surface area contributed by atoms with E-state index in [9.17, 15) is 79.2 Å². The van der Waals surface area contributed by atoms with E-state index in [1.54, 1.807) is 0 Å². The van der Waals surface area contributed by atoms with Crippen molar-refractivity contribution in [2.24, 2.45) is 0 Å². The summed E-state index contributed by atoms with van der Waals surface area (Å²) < 4.78 is 0. The molecule has 0 amide bonds. The Balaban J connectivity index is -0.0000000989. The third-order valence-electron chi connectivity index (χ3n) is 3.14. The standard InChI is InChI=1S/2C6H8O7.C4H6O5.3Ca/c2*7-3(8)1-6(13,5(11)12)2-4(9)10;5-2(4(8)9)1-3(6)7;;;/h2*13H,1-2H2,(H,7,8)(H,9,10)(H,11,12);2,5H,1H2,(H,6,7)(H,8,9);;;/q;;;3*+2/p-8. The number of aliphatic hydroxyl groups is 3. The maximum absolute atomic E-state index is 10.1. The third-order valence-corrected chi connectivity index (χ3v) is 3.14. The predicted octanol–water partition coefficient (Wildman–Crippen LogP) is -15.4. The number of carbonyl (C=O) groups excluding carboxylic acids is 8. The van der Waals surface area contributed by atoms with Gasteiger partial charge in [0.1, 0.15) is 11.2 Å². The maximum Gasteiger partial charge on any atom is 2.00 e. The summed E-state index contributed by atoms with van der Waals surface area (Å²) in [4.78, 5) is 79.1. The van der Waals surface area contributed by atoms with Gasteiger partial charge in [0.15, 0.2) is 0 Å². The van der Waals surface area contributed by atoms with Gasteiger partial charge < -0.3 is 94.5 Å². The second-order valence-electron chi connectivity index (χ2n) is 6.24. The zero-order valence-electron chi connectivity index (χ0n) is 19.1. The number of hydrogen-bond donors (Lipinski definition) is 3. The van der Waals surface area contributed by atoms with Crippen molar-refractivity contribution in [3.05, 3.63) is 0 Å². The summed E-state index contributed by atoms with van der Waals surface area (Å²) in [5.74, 6) is -15.4. The van der Waals surface area contributed by atoms with E-state index < -0.39 is 97.2 Å². The minimum Gasteiger partial charge on any atom is -0.550 e. The van der Waals surface area contributed by atoms with Gasteiger partial charge in [0, 0.05) is 62.0 Å². The van der Waals surface area contributed by atoms with E-state index >= 15 is 0 Å². The first-order valence-corrected chi connectivity index (χ1v) is 8.35. The Bertz CT molecular complexity index is 758. The molecular weight excluding hydrogens is 616 g/mol. The number of aliphatic carboxylic acids is 8. The molecule has 0 heterocycles. The first kappa shape index (κ1) is 50.3. The molecule has 0 fully saturated rings. The van der Waals surface area contributed by atoms with Crippen molar-refractivity contribution in [1.29, 1.82) is 0 Å². The first-order chi connectivity index (χ1) is 15.6. The predicted molar refractivity (Wildman–Crippen MR) is 96.3 cm³/mol. The molecule has 0 radical (unpaired) electrons. The summed E-state index contributed by atoms with van der Waals surface area (Å²) in [6, 6.07) is 0. The zero-order chi connectivity index (χ0) is 28.7. The SMILES string of the molecule is O=C([O-])CC(O)(CC(=O)[O-])C(=O)[O-].O=C([O-])CC(O)(CC(=O)[O-])C(=O)[O-].O=C([O-])CC(O)C(=O)[O-].[Ca+2].[Ca+2].[Ca+2]. The van der Waals surface area contributed by atoms with Crippen molar-refractivity contribution >= 4 is 161 Å². The van der Waals surface area contributed by atoms with Crippen LogP contribution in [0.2, 0.25) is 0 Å². The van der Waals surface area contributed by atoms with Gasteiger partial charge in [-0.05, 0) is 0 Å². The second kappa shape index (κ2) is 24.2. The molecule has 0 aliphatic carbocycles. The molecule has 0 spiro atoms. The Hall–Kier alpha value is -0.581. The Morgan fingerprint density at radius 2 is 0.711 bits per heavy atom. The number of carboxylic acid groups (broad SMARTS) is 8. The minimum absolute atomic E-state index is 0. The van der Waals surface area contributed by atoms with Gasteiger partial charge in [-0.25, -0.2) is 0 Å². The molecular formula is C16H14Ca3O19-2. The van der Waals surface area contributed by atoms with Gasteiger partial charge in [0.25, 0.3) is 0 Å². The van der Waals surface area contributed by atoms with Crippen molar-refractivity contribution in [3.63, 3.8) is 0 Å². The molecule has 0 bridgehead atoms. The third kappa shape index (κ3) is 27.0. The molecule has 22 heteroatoms. The molecule has 38 heavy (non-hydrogen) atoms. The number of carbonyl (C=O) groups is 8. The molecule has 0 rings (SSSR count).